The summed E-state index contributed by atoms with van der Waals surface area (Å²) in [5.74, 6) is 0.684. The molecule has 0 aliphatic carbocycles. The number of aryl methyl sites for hydroxylation is 1. The van der Waals surface area contributed by atoms with Crippen molar-refractivity contribution < 1.29 is 17.9 Å². The lowest BCUT2D eigenvalue weighted by Crippen LogP contribution is -2.39. The van der Waals surface area contributed by atoms with Crippen LogP contribution < -0.4 is 10.1 Å². The van der Waals surface area contributed by atoms with Gasteiger partial charge in [0.2, 0.25) is 15.9 Å². The number of amides is 1. The van der Waals surface area contributed by atoms with Gasteiger partial charge in [-0.2, -0.15) is 4.31 Å². The predicted molar refractivity (Wildman–Crippen MR) is 110 cm³/mol. The molecule has 1 aromatic heterocycles. The Morgan fingerprint density at radius 2 is 2.04 bits per heavy atom. The van der Waals surface area contributed by atoms with Crippen LogP contribution in [0.4, 0.5) is 5.13 Å². The molecule has 9 heteroatoms. The smallest absolute Gasteiger partial charge is 0.226 e. The SMILES string of the molecule is COc1ccc(CCC(=O)Nc2nc3c(s2)CN(S(=O)(=O)C(C)C)CC3)cc1. The van der Waals surface area contributed by atoms with Crippen LogP contribution in [0, 0.1) is 0 Å². The monoisotopic (exact) mass is 423 g/mol. The van der Waals surface area contributed by atoms with Crippen molar-refractivity contribution in [3.05, 3.63) is 40.4 Å². The van der Waals surface area contributed by atoms with Gasteiger partial charge in [-0.05, 0) is 38.0 Å². The van der Waals surface area contributed by atoms with Crippen molar-refractivity contribution in [1.29, 1.82) is 0 Å². The van der Waals surface area contributed by atoms with E-state index < -0.39 is 15.3 Å². The Bertz CT molecular complexity index is 937. The number of anilines is 1. The number of fused-ring (bicyclic) bond motifs is 1. The number of benzene rings is 1. The average molecular weight is 424 g/mol. The minimum atomic E-state index is -3.28. The number of carbonyl (C=O) groups is 1. The first kappa shape index (κ1) is 20.8. The zero-order chi connectivity index (χ0) is 20.3. The number of ether oxygens (including phenoxy) is 1. The largest absolute Gasteiger partial charge is 0.497 e. The number of sulfonamides is 1. The molecule has 1 aliphatic heterocycles. The van der Waals surface area contributed by atoms with E-state index >= 15 is 0 Å². The van der Waals surface area contributed by atoms with E-state index in [1.165, 1.54) is 15.6 Å². The van der Waals surface area contributed by atoms with E-state index in [4.69, 9.17) is 4.74 Å². The number of carbonyl (C=O) groups excluding carboxylic acids is 1. The molecule has 0 bridgehead atoms. The third-order valence-corrected chi connectivity index (χ3v) is 7.92. The third-order valence-electron chi connectivity index (χ3n) is 4.70. The fourth-order valence-electron chi connectivity index (χ4n) is 2.97. The van der Waals surface area contributed by atoms with Crippen molar-refractivity contribution in [2.75, 3.05) is 19.0 Å². The van der Waals surface area contributed by atoms with Gasteiger partial charge in [-0.1, -0.05) is 12.1 Å². The van der Waals surface area contributed by atoms with Crippen molar-refractivity contribution in [3.8, 4) is 5.75 Å². The number of hydrogen-bond acceptors (Lipinski definition) is 6. The number of nitrogens with zero attached hydrogens (tertiary/aromatic N) is 2. The highest BCUT2D eigenvalue weighted by atomic mass is 32.2. The maximum absolute atomic E-state index is 12.4. The van der Waals surface area contributed by atoms with E-state index in [1.807, 2.05) is 24.3 Å². The molecule has 2 aromatic rings. The number of nitrogens with one attached hydrogen (secondary N) is 1. The van der Waals surface area contributed by atoms with Gasteiger partial charge in [0.25, 0.3) is 0 Å². The number of rotatable bonds is 7. The fraction of sp³-hybridized carbons (Fsp3) is 0.474. The van der Waals surface area contributed by atoms with Crippen LogP contribution >= 0.6 is 11.3 Å². The van der Waals surface area contributed by atoms with Gasteiger partial charge in [0.1, 0.15) is 5.75 Å². The highest BCUT2D eigenvalue weighted by molar-refractivity contribution is 7.89. The average Bonchev–Trinajstić information content (AvgIpc) is 3.07. The van der Waals surface area contributed by atoms with Crippen LogP contribution in [-0.4, -0.2) is 42.5 Å². The second kappa shape index (κ2) is 8.59. The van der Waals surface area contributed by atoms with E-state index in [0.717, 1.165) is 21.9 Å². The Morgan fingerprint density at radius 3 is 2.68 bits per heavy atom. The molecule has 0 spiro atoms. The number of thiazole rings is 1. The second-order valence-corrected chi connectivity index (χ2v) is 10.5. The van der Waals surface area contributed by atoms with Crippen molar-refractivity contribution in [2.45, 2.75) is 44.9 Å². The van der Waals surface area contributed by atoms with Crippen molar-refractivity contribution in [1.82, 2.24) is 9.29 Å². The molecule has 1 aliphatic rings. The molecule has 1 amide bonds. The summed E-state index contributed by atoms with van der Waals surface area (Å²) in [6.07, 6.45) is 1.55. The van der Waals surface area contributed by atoms with Crippen molar-refractivity contribution >= 4 is 32.4 Å². The zero-order valence-electron chi connectivity index (χ0n) is 16.3. The van der Waals surface area contributed by atoms with Crippen molar-refractivity contribution in [3.63, 3.8) is 0 Å². The Labute approximate surface area is 169 Å². The lowest BCUT2D eigenvalue weighted by molar-refractivity contribution is -0.116. The first-order valence-corrected chi connectivity index (χ1v) is 11.5. The molecule has 3 rings (SSSR count). The number of hydrogen-bond donors (Lipinski definition) is 1. The Morgan fingerprint density at radius 1 is 1.32 bits per heavy atom. The van der Waals surface area contributed by atoms with Crippen LogP contribution in [0.5, 0.6) is 5.75 Å². The lowest BCUT2D eigenvalue weighted by Gasteiger charge is -2.26. The summed E-state index contributed by atoms with van der Waals surface area (Å²) in [6.45, 7) is 4.13. The van der Waals surface area contributed by atoms with E-state index in [-0.39, 0.29) is 5.91 Å². The molecule has 28 heavy (non-hydrogen) atoms. The summed E-state index contributed by atoms with van der Waals surface area (Å²) in [7, 11) is -1.67. The van der Waals surface area contributed by atoms with Gasteiger partial charge < -0.3 is 10.1 Å². The quantitative estimate of drug-likeness (QED) is 0.740. The van der Waals surface area contributed by atoms with Crippen LogP contribution in [0.2, 0.25) is 0 Å². The third kappa shape index (κ3) is 4.71. The normalized spacial score (nSPS) is 14.7. The minimum absolute atomic E-state index is 0.103. The van der Waals surface area contributed by atoms with Gasteiger partial charge in [-0.15, -0.1) is 11.3 Å². The molecule has 0 atom stereocenters. The summed E-state index contributed by atoms with van der Waals surface area (Å²) in [5.41, 5.74) is 1.94. The molecule has 0 saturated heterocycles. The van der Waals surface area contributed by atoms with E-state index in [9.17, 15) is 13.2 Å². The van der Waals surface area contributed by atoms with Crippen LogP contribution in [0.3, 0.4) is 0 Å². The van der Waals surface area contributed by atoms with E-state index in [0.29, 0.717) is 37.5 Å². The van der Waals surface area contributed by atoms with Crippen molar-refractivity contribution in [2.24, 2.45) is 0 Å². The molecular formula is C19H25N3O4S2. The molecule has 2 heterocycles. The summed E-state index contributed by atoms with van der Waals surface area (Å²) < 4.78 is 31.4. The molecule has 0 unspecified atom stereocenters. The van der Waals surface area contributed by atoms with Crippen LogP contribution in [0.15, 0.2) is 24.3 Å². The first-order valence-electron chi connectivity index (χ1n) is 9.20. The van der Waals surface area contributed by atoms with Gasteiger partial charge in [0.05, 0.1) is 18.1 Å². The number of aromatic nitrogens is 1. The molecule has 1 N–H and O–H groups in total. The molecule has 0 saturated carbocycles. The topological polar surface area (TPSA) is 88.6 Å². The van der Waals surface area contributed by atoms with Crippen LogP contribution in [-0.2, 0) is 34.2 Å². The predicted octanol–water partition coefficient (Wildman–Crippen LogP) is 2.82. The second-order valence-electron chi connectivity index (χ2n) is 6.96. The zero-order valence-corrected chi connectivity index (χ0v) is 17.9. The lowest BCUT2D eigenvalue weighted by atomic mass is 10.1. The maximum atomic E-state index is 12.4. The summed E-state index contributed by atoms with van der Waals surface area (Å²) in [5, 5.41) is 2.93. The maximum Gasteiger partial charge on any atom is 0.226 e. The summed E-state index contributed by atoms with van der Waals surface area (Å²) in [4.78, 5) is 17.6. The molecular weight excluding hydrogens is 398 g/mol. The van der Waals surface area contributed by atoms with Gasteiger partial charge in [0.15, 0.2) is 5.13 Å². The standard InChI is InChI=1S/C19H25N3O4S2/c1-13(2)28(24,25)22-11-10-16-17(12-22)27-19(20-16)21-18(23)9-6-14-4-7-15(26-3)8-5-14/h4-5,7-8,13H,6,9-12H2,1-3H3,(H,20,21,23). The van der Waals surface area contributed by atoms with Gasteiger partial charge in [-0.3, -0.25) is 4.79 Å². The van der Waals surface area contributed by atoms with Gasteiger partial charge in [-0.25, -0.2) is 13.4 Å². The molecule has 0 fully saturated rings. The molecule has 152 valence electrons. The molecule has 0 radical (unpaired) electrons. The Balaban J connectivity index is 1.57. The number of methoxy groups -OCH3 is 1. The molecule has 7 nitrogen and oxygen atoms in total. The van der Waals surface area contributed by atoms with Gasteiger partial charge >= 0.3 is 0 Å². The molecule has 1 aromatic carbocycles. The van der Waals surface area contributed by atoms with Crippen LogP contribution in [0.1, 0.15) is 36.4 Å². The van der Waals surface area contributed by atoms with Gasteiger partial charge in [0, 0.05) is 30.8 Å². The highest BCUT2D eigenvalue weighted by Crippen LogP contribution is 2.30. The van der Waals surface area contributed by atoms with E-state index in [1.54, 1.807) is 21.0 Å². The van der Waals surface area contributed by atoms with E-state index in [2.05, 4.69) is 10.3 Å². The Hall–Kier alpha value is -1.97. The van der Waals surface area contributed by atoms with Crippen LogP contribution in [0.25, 0.3) is 0 Å². The minimum Gasteiger partial charge on any atom is -0.497 e. The first-order chi connectivity index (χ1) is 13.3. The highest BCUT2D eigenvalue weighted by Gasteiger charge is 2.31. The summed E-state index contributed by atoms with van der Waals surface area (Å²) >= 11 is 1.36. The Kier molecular flexibility index (Phi) is 6.36. The fourth-order valence-corrected chi connectivity index (χ4v) is 5.35. The summed E-state index contributed by atoms with van der Waals surface area (Å²) in [6, 6.07) is 7.63.